The fraction of sp³-hybridized carbons (Fsp3) is 0.786. The van der Waals surface area contributed by atoms with E-state index >= 15 is 0 Å². The van der Waals surface area contributed by atoms with Crippen LogP contribution in [0.5, 0.6) is 0 Å². The second kappa shape index (κ2) is 6.11. The molecule has 2 heterocycles. The summed E-state index contributed by atoms with van der Waals surface area (Å²) >= 11 is 0. The largest absolute Gasteiger partial charge is 0.455 e. The Kier molecular flexibility index (Phi) is 4.67. The molecule has 0 aromatic carbocycles. The lowest BCUT2D eigenvalue weighted by atomic mass is 10.0. The second-order valence-corrected chi connectivity index (χ2v) is 5.78. The zero-order valence-electron chi connectivity index (χ0n) is 12.2. The lowest BCUT2D eigenvalue weighted by Gasteiger charge is -2.24. The molecule has 2 aliphatic heterocycles. The number of aliphatic hydroxyl groups is 1. The molecule has 0 amide bonds. The van der Waals surface area contributed by atoms with Crippen LogP contribution in [-0.2, 0) is 19.0 Å². The summed E-state index contributed by atoms with van der Waals surface area (Å²) in [5.41, 5.74) is 0.716. The van der Waals surface area contributed by atoms with Gasteiger partial charge in [-0.1, -0.05) is 20.4 Å². The molecule has 6 nitrogen and oxygen atoms in total. The Balaban J connectivity index is 1.95. The average Bonchev–Trinajstić information content (AvgIpc) is 2.90. The van der Waals surface area contributed by atoms with E-state index in [1.54, 1.807) is 6.92 Å². The van der Waals surface area contributed by atoms with E-state index < -0.39 is 18.2 Å². The van der Waals surface area contributed by atoms with Crippen molar-refractivity contribution in [3.8, 4) is 0 Å². The lowest BCUT2D eigenvalue weighted by molar-refractivity contribution is -0.157. The highest BCUT2D eigenvalue weighted by atomic mass is 16.6. The van der Waals surface area contributed by atoms with Crippen LogP contribution in [0.2, 0.25) is 0 Å². The minimum Gasteiger partial charge on any atom is -0.455 e. The number of carbonyl (C=O) groups excluding carboxylic acids is 1. The van der Waals surface area contributed by atoms with Crippen LogP contribution in [0.3, 0.4) is 0 Å². The van der Waals surface area contributed by atoms with Crippen LogP contribution >= 0.6 is 0 Å². The molecule has 20 heavy (non-hydrogen) atoms. The summed E-state index contributed by atoms with van der Waals surface area (Å²) in [5.74, 6) is -0.269. The van der Waals surface area contributed by atoms with Crippen LogP contribution < -0.4 is 5.32 Å². The van der Waals surface area contributed by atoms with Crippen molar-refractivity contribution in [3.05, 3.63) is 12.3 Å². The topological polar surface area (TPSA) is 77.0 Å². The van der Waals surface area contributed by atoms with Gasteiger partial charge in [-0.2, -0.15) is 0 Å². The number of allylic oxidation sites excluding steroid dienone is 1. The quantitative estimate of drug-likeness (QED) is 0.703. The van der Waals surface area contributed by atoms with E-state index in [9.17, 15) is 9.90 Å². The fourth-order valence-electron chi connectivity index (χ4n) is 2.53. The van der Waals surface area contributed by atoms with Gasteiger partial charge in [0.25, 0.3) is 0 Å². The second-order valence-electron chi connectivity index (χ2n) is 5.78. The molecule has 5 atom stereocenters. The average molecular weight is 285 g/mol. The maximum atomic E-state index is 12.2. The highest BCUT2D eigenvalue weighted by Crippen LogP contribution is 2.29. The van der Waals surface area contributed by atoms with E-state index in [1.165, 1.54) is 0 Å². The molecule has 2 saturated heterocycles. The number of ether oxygens (including phenoxy) is 3. The molecule has 6 heteroatoms. The third kappa shape index (κ3) is 3.13. The highest BCUT2D eigenvalue weighted by molar-refractivity contribution is 5.76. The van der Waals surface area contributed by atoms with Crippen molar-refractivity contribution in [2.45, 2.75) is 51.2 Å². The molecule has 0 bridgehead atoms. The van der Waals surface area contributed by atoms with E-state index in [0.29, 0.717) is 5.70 Å². The molecule has 0 saturated carbocycles. The van der Waals surface area contributed by atoms with Crippen molar-refractivity contribution in [2.75, 3.05) is 13.2 Å². The SMILES string of the molecule is C=C(C)NC(C(=O)OC1COC2C(O)COC12)C(C)C. The number of esters is 1. The first-order valence-corrected chi connectivity index (χ1v) is 6.94. The zero-order chi connectivity index (χ0) is 14.9. The minimum atomic E-state index is -0.641. The molecular weight excluding hydrogens is 262 g/mol. The first kappa shape index (κ1) is 15.3. The molecular formula is C14H23NO5. The van der Waals surface area contributed by atoms with Crippen molar-refractivity contribution in [3.63, 3.8) is 0 Å². The first-order valence-electron chi connectivity index (χ1n) is 6.94. The number of carbonyl (C=O) groups is 1. The van der Waals surface area contributed by atoms with Crippen LogP contribution in [0.1, 0.15) is 20.8 Å². The Hall–Kier alpha value is -1.11. The van der Waals surface area contributed by atoms with Crippen LogP contribution in [0.4, 0.5) is 0 Å². The first-order chi connectivity index (χ1) is 9.40. The minimum absolute atomic E-state index is 0.0763. The molecule has 2 fully saturated rings. The Labute approximate surface area is 119 Å². The van der Waals surface area contributed by atoms with Gasteiger partial charge < -0.3 is 24.6 Å². The number of hydrogen-bond donors (Lipinski definition) is 2. The number of hydrogen-bond acceptors (Lipinski definition) is 6. The molecule has 2 rings (SSSR count). The van der Waals surface area contributed by atoms with E-state index in [-0.39, 0.29) is 37.3 Å². The van der Waals surface area contributed by atoms with Crippen molar-refractivity contribution in [2.24, 2.45) is 5.92 Å². The van der Waals surface area contributed by atoms with E-state index in [2.05, 4.69) is 11.9 Å². The van der Waals surface area contributed by atoms with Crippen molar-refractivity contribution in [1.29, 1.82) is 0 Å². The number of aliphatic hydroxyl groups excluding tert-OH is 1. The normalized spacial score (nSPS) is 33.9. The molecule has 0 aromatic heterocycles. The van der Waals surface area contributed by atoms with Gasteiger partial charge >= 0.3 is 5.97 Å². The number of fused-ring (bicyclic) bond motifs is 1. The van der Waals surface area contributed by atoms with Gasteiger partial charge in [0.05, 0.1) is 13.2 Å². The van der Waals surface area contributed by atoms with Gasteiger partial charge in [-0.05, 0) is 12.8 Å². The van der Waals surface area contributed by atoms with E-state index in [4.69, 9.17) is 14.2 Å². The summed E-state index contributed by atoms with van der Waals surface area (Å²) in [6.45, 7) is 9.91. The van der Waals surface area contributed by atoms with Crippen LogP contribution in [0.25, 0.3) is 0 Å². The molecule has 0 aliphatic carbocycles. The van der Waals surface area contributed by atoms with Gasteiger partial charge in [-0.3, -0.25) is 0 Å². The summed E-state index contributed by atoms with van der Waals surface area (Å²) in [4.78, 5) is 12.2. The molecule has 0 radical (unpaired) electrons. The molecule has 5 unspecified atom stereocenters. The molecule has 2 aliphatic rings. The van der Waals surface area contributed by atoms with Gasteiger partial charge in [0.15, 0.2) is 6.10 Å². The lowest BCUT2D eigenvalue weighted by Crippen LogP contribution is -2.44. The van der Waals surface area contributed by atoms with E-state index in [0.717, 1.165) is 0 Å². The Morgan fingerprint density at radius 3 is 2.60 bits per heavy atom. The molecule has 0 spiro atoms. The van der Waals surface area contributed by atoms with Crippen LogP contribution in [0, 0.1) is 5.92 Å². The predicted octanol–water partition coefficient (Wildman–Crippen LogP) is 0.205. The summed E-state index contributed by atoms with van der Waals surface area (Å²) in [7, 11) is 0. The van der Waals surface area contributed by atoms with Crippen LogP contribution in [0.15, 0.2) is 12.3 Å². The predicted molar refractivity (Wildman–Crippen MR) is 71.9 cm³/mol. The van der Waals surface area contributed by atoms with Gasteiger partial charge in [0.1, 0.15) is 24.4 Å². The fourth-order valence-corrected chi connectivity index (χ4v) is 2.53. The summed E-state index contributed by atoms with van der Waals surface area (Å²) < 4.78 is 16.4. The summed E-state index contributed by atoms with van der Waals surface area (Å²) in [5, 5.41) is 12.7. The van der Waals surface area contributed by atoms with Crippen molar-refractivity contribution < 1.29 is 24.1 Å². The molecule has 2 N–H and O–H groups in total. The maximum Gasteiger partial charge on any atom is 0.329 e. The smallest absolute Gasteiger partial charge is 0.329 e. The summed E-state index contributed by atoms with van der Waals surface area (Å²) in [6, 6.07) is -0.446. The Morgan fingerprint density at radius 1 is 1.35 bits per heavy atom. The van der Waals surface area contributed by atoms with Crippen LogP contribution in [-0.4, -0.2) is 54.7 Å². The highest BCUT2D eigenvalue weighted by Gasteiger charge is 2.49. The van der Waals surface area contributed by atoms with Gasteiger partial charge in [-0.15, -0.1) is 0 Å². The monoisotopic (exact) mass is 285 g/mol. The van der Waals surface area contributed by atoms with Crippen molar-refractivity contribution in [1.82, 2.24) is 5.32 Å². The van der Waals surface area contributed by atoms with Gasteiger partial charge in [0.2, 0.25) is 0 Å². The standard InChI is InChI=1S/C14H23NO5/c1-7(2)11(15-8(3)4)14(17)20-10-6-19-12-9(16)5-18-13(10)12/h7,9-13,15-16H,3,5-6H2,1-2,4H3. The third-order valence-electron chi connectivity index (χ3n) is 3.57. The van der Waals surface area contributed by atoms with Gasteiger partial charge in [-0.25, -0.2) is 4.79 Å². The Bertz CT molecular complexity index is 384. The van der Waals surface area contributed by atoms with Gasteiger partial charge in [0, 0.05) is 5.70 Å². The molecule has 0 aromatic rings. The number of nitrogens with one attached hydrogen (secondary N) is 1. The Morgan fingerprint density at radius 2 is 2.00 bits per heavy atom. The van der Waals surface area contributed by atoms with Crippen molar-refractivity contribution >= 4 is 5.97 Å². The number of rotatable bonds is 5. The zero-order valence-corrected chi connectivity index (χ0v) is 12.2. The molecule has 114 valence electrons. The van der Waals surface area contributed by atoms with E-state index in [1.807, 2.05) is 13.8 Å². The maximum absolute atomic E-state index is 12.2. The third-order valence-corrected chi connectivity index (χ3v) is 3.57. The summed E-state index contributed by atoms with van der Waals surface area (Å²) in [6.07, 6.45) is -1.86.